The second-order valence-electron chi connectivity index (χ2n) is 4.66. The van der Waals surface area contributed by atoms with Crippen LogP contribution in [0.4, 0.5) is 0 Å². The van der Waals surface area contributed by atoms with Gasteiger partial charge in [-0.2, -0.15) is 0 Å². The lowest BCUT2D eigenvalue weighted by molar-refractivity contribution is -0.125. The summed E-state index contributed by atoms with van der Waals surface area (Å²) in [6, 6.07) is 1.89. The lowest BCUT2D eigenvalue weighted by Crippen LogP contribution is -2.32. The topological polar surface area (TPSA) is 85.2 Å². The minimum absolute atomic E-state index is 0.100. The van der Waals surface area contributed by atoms with Crippen LogP contribution in [0.5, 0.6) is 0 Å². The number of aromatic nitrogens is 1. The van der Waals surface area contributed by atoms with Gasteiger partial charge in [-0.3, -0.25) is 9.59 Å². The summed E-state index contributed by atoms with van der Waals surface area (Å²) < 4.78 is 5.68. The van der Waals surface area contributed by atoms with E-state index in [0.717, 1.165) is 11.3 Å². The summed E-state index contributed by atoms with van der Waals surface area (Å²) in [4.78, 5) is 26.8. The number of H-pyrrole nitrogens is 1. The number of nitrogens with two attached hydrogens (primary N) is 1. The van der Waals surface area contributed by atoms with Gasteiger partial charge in [-0.05, 0) is 24.5 Å². The molecule has 2 heterocycles. The summed E-state index contributed by atoms with van der Waals surface area (Å²) in [5.74, 6) is -0.617. The van der Waals surface area contributed by atoms with Gasteiger partial charge in [0.2, 0.25) is 11.7 Å². The number of carbonyl (C=O) groups is 2. The number of ketones is 1. The van der Waals surface area contributed by atoms with Gasteiger partial charge in [-0.15, -0.1) is 0 Å². The quantitative estimate of drug-likeness (QED) is 0.807. The fourth-order valence-electron chi connectivity index (χ4n) is 2.68. The van der Waals surface area contributed by atoms with E-state index in [9.17, 15) is 9.59 Å². The van der Waals surface area contributed by atoms with Crippen LogP contribution in [0, 0.1) is 5.92 Å². The van der Waals surface area contributed by atoms with Crippen molar-refractivity contribution in [3.63, 3.8) is 0 Å². The molecule has 2 aliphatic rings. The summed E-state index contributed by atoms with van der Waals surface area (Å²) in [7, 11) is 0. The molecule has 0 radical (unpaired) electrons. The van der Waals surface area contributed by atoms with Crippen molar-refractivity contribution in [2.24, 2.45) is 11.7 Å². The lowest BCUT2D eigenvalue weighted by atomic mass is 9.83. The minimum Gasteiger partial charge on any atom is -0.480 e. The van der Waals surface area contributed by atoms with E-state index in [4.69, 9.17) is 10.5 Å². The van der Waals surface area contributed by atoms with Crippen LogP contribution in [-0.4, -0.2) is 22.8 Å². The number of hydrogen-bond acceptors (Lipinski definition) is 3. The van der Waals surface area contributed by atoms with Crippen LogP contribution < -0.4 is 5.73 Å². The zero-order valence-electron chi connectivity index (χ0n) is 10.0. The van der Waals surface area contributed by atoms with E-state index in [1.807, 2.05) is 13.0 Å². The molecule has 0 fully saturated rings. The Morgan fingerprint density at radius 1 is 1.61 bits per heavy atom. The highest BCUT2D eigenvalue weighted by atomic mass is 16.5. The van der Waals surface area contributed by atoms with Crippen LogP contribution in [0.25, 0.3) is 5.76 Å². The maximum atomic E-state index is 12.2. The number of nitrogens with one attached hydrogen (secondary N) is 1. The smallest absolute Gasteiger partial charge is 0.225 e. The molecular weight excluding hydrogens is 232 g/mol. The Balaban J connectivity index is 2.14. The molecule has 0 saturated carbocycles. The fourth-order valence-corrected chi connectivity index (χ4v) is 2.68. The summed E-state index contributed by atoms with van der Waals surface area (Å²) in [6.07, 6.45) is 2.36. The number of rotatable bonds is 2. The molecule has 5 heteroatoms. The number of Topliss-reactive ketones (excluding diaryl/α,β-unsaturated/α-hetero) is 1. The standard InChI is InChI=1S/C13H14N2O3/c1-2-8-11(16)9-7(13(14)17)5-6-3-4-15-10(6)12(9)18-8/h3-4,7-8,15H,2,5H2,1H3,(H2,14,17). The van der Waals surface area contributed by atoms with Crippen molar-refractivity contribution in [3.8, 4) is 0 Å². The average molecular weight is 246 g/mol. The lowest BCUT2D eigenvalue weighted by Gasteiger charge is -2.19. The Morgan fingerprint density at radius 2 is 2.39 bits per heavy atom. The third-order valence-corrected chi connectivity index (χ3v) is 3.61. The van der Waals surface area contributed by atoms with Crippen LogP contribution in [0.3, 0.4) is 0 Å². The normalized spacial score (nSPS) is 25.7. The molecule has 0 saturated heterocycles. The molecule has 2 unspecified atom stereocenters. The molecule has 1 amide bonds. The number of aromatic amines is 1. The largest absolute Gasteiger partial charge is 0.480 e. The van der Waals surface area contributed by atoms with E-state index in [-0.39, 0.29) is 5.78 Å². The maximum absolute atomic E-state index is 12.2. The van der Waals surface area contributed by atoms with E-state index >= 15 is 0 Å². The zero-order valence-corrected chi connectivity index (χ0v) is 10.0. The van der Waals surface area contributed by atoms with Crippen molar-refractivity contribution < 1.29 is 14.3 Å². The summed E-state index contributed by atoms with van der Waals surface area (Å²) in [5.41, 5.74) is 7.64. The monoisotopic (exact) mass is 246 g/mol. The summed E-state index contributed by atoms with van der Waals surface area (Å²) >= 11 is 0. The van der Waals surface area contributed by atoms with E-state index < -0.39 is 17.9 Å². The Labute approximate surface area is 104 Å². The molecule has 1 aliphatic heterocycles. The number of fused-ring (bicyclic) bond motifs is 2. The van der Waals surface area contributed by atoms with Crippen LogP contribution >= 0.6 is 0 Å². The molecule has 1 aliphatic carbocycles. The number of ether oxygens (including phenoxy) is 1. The number of primary amides is 1. The van der Waals surface area contributed by atoms with Crippen molar-refractivity contribution >= 4 is 17.4 Å². The van der Waals surface area contributed by atoms with Crippen LogP contribution in [0.15, 0.2) is 17.8 Å². The van der Waals surface area contributed by atoms with E-state index in [2.05, 4.69) is 4.98 Å². The van der Waals surface area contributed by atoms with Crippen molar-refractivity contribution in [1.82, 2.24) is 4.98 Å². The first-order chi connectivity index (χ1) is 8.63. The fraction of sp³-hybridized carbons (Fsp3) is 0.385. The highest BCUT2D eigenvalue weighted by Crippen LogP contribution is 2.41. The Bertz CT molecular complexity index is 571. The molecule has 0 bridgehead atoms. The Morgan fingerprint density at radius 3 is 3.06 bits per heavy atom. The number of hydrogen-bond donors (Lipinski definition) is 2. The van der Waals surface area contributed by atoms with Crippen molar-refractivity contribution in [3.05, 3.63) is 29.1 Å². The van der Waals surface area contributed by atoms with Gasteiger partial charge in [0.15, 0.2) is 11.9 Å². The molecule has 5 nitrogen and oxygen atoms in total. The Hall–Kier alpha value is -2.04. The molecule has 1 aromatic heterocycles. The van der Waals surface area contributed by atoms with Gasteiger partial charge in [0, 0.05) is 6.20 Å². The minimum atomic E-state index is -0.563. The van der Waals surface area contributed by atoms with Gasteiger partial charge in [-0.1, -0.05) is 6.92 Å². The van der Waals surface area contributed by atoms with E-state index in [0.29, 0.717) is 24.2 Å². The van der Waals surface area contributed by atoms with Gasteiger partial charge in [-0.25, -0.2) is 0 Å². The second-order valence-corrected chi connectivity index (χ2v) is 4.66. The van der Waals surface area contributed by atoms with Gasteiger partial charge >= 0.3 is 0 Å². The van der Waals surface area contributed by atoms with Crippen molar-refractivity contribution in [1.29, 1.82) is 0 Å². The van der Waals surface area contributed by atoms with Crippen LogP contribution in [0.1, 0.15) is 24.6 Å². The highest BCUT2D eigenvalue weighted by molar-refractivity contribution is 6.12. The predicted octanol–water partition coefficient (Wildman–Crippen LogP) is 0.761. The molecule has 3 N–H and O–H groups in total. The number of carbonyl (C=O) groups excluding carboxylic acids is 2. The van der Waals surface area contributed by atoms with E-state index in [1.165, 1.54) is 0 Å². The maximum Gasteiger partial charge on any atom is 0.225 e. The van der Waals surface area contributed by atoms with Gasteiger partial charge in [0.25, 0.3) is 0 Å². The molecule has 94 valence electrons. The molecular formula is C13H14N2O3. The van der Waals surface area contributed by atoms with Gasteiger partial charge in [0.05, 0.1) is 17.2 Å². The van der Waals surface area contributed by atoms with Gasteiger partial charge in [0.1, 0.15) is 0 Å². The van der Waals surface area contributed by atoms with Crippen molar-refractivity contribution in [2.75, 3.05) is 0 Å². The second kappa shape index (κ2) is 3.73. The summed E-state index contributed by atoms with van der Waals surface area (Å²) in [5, 5.41) is 0. The van der Waals surface area contributed by atoms with Crippen LogP contribution in [0.2, 0.25) is 0 Å². The highest BCUT2D eigenvalue weighted by Gasteiger charge is 2.44. The molecule has 3 rings (SSSR count). The number of amides is 1. The van der Waals surface area contributed by atoms with Crippen molar-refractivity contribution in [2.45, 2.75) is 25.9 Å². The third-order valence-electron chi connectivity index (χ3n) is 3.61. The Kier molecular flexibility index (Phi) is 2.29. The first-order valence-corrected chi connectivity index (χ1v) is 6.04. The van der Waals surface area contributed by atoms with Crippen LogP contribution in [-0.2, 0) is 20.7 Å². The molecule has 0 spiro atoms. The molecule has 0 aromatic carbocycles. The molecule has 1 aromatic rings. The SMILES string of the molecule is CCC1OC2=C(C1=O)C(C(N)=O)Cc1cc[nH]c12. The van der Waals surface area contributed by atoms with Gasteiger partial charge < -0.3 is 15.5 Å². The first-order valence-electron chi connectivity index (χ1n) is 6.04. The predicted molar refractivity (Wildman–Crippen MR) is 64.3 cm³/mol. The zero-order chi connectivity index (χ0) is 12.9. The summed E-state index contributed by atoms with van der Waals surface area (Å²) in [6.45, 7) is 1.88. The average Bonchev–Trinajstić information content (AvgIpc) is 2.92. The third kappa shape index (κ3) is 1.33. The first kappa shape index (κ1) is 11.1. The molecule has 2 atom stereocenters. The molecule has 18 heavy (non-hydrogen) atoms. The van der Waals surface area contributed by atoms with E-state index in [1.54, 1.807) is 6.20 Å².